The Hall–Kier alpha value is 0. The van der Waals surface area contributed by atoms with Gasteiger partial charge in [-0.1, -0.05) is 61.8 Å². The fourth-order valence-corrected chi connectivity index (χ4v) is 16.2. The monoisotopic (exact) mass is 504 g/mol. The van der Waals surface area contributed by atoms with Crippen LogP contribution in [0.4, 0.5) is 0 Å². The normalized spacial score (nSPS) is 66.2. The lowest BCUT2D eigenvalue weighted by atomic mass is 9.29. The van der Waals surface area contributed by atoms with Gasteiger partial charge in [-0.3, -0.25) is 0 Å². The average molecular weight is 505 g/mol. The van der Waals surface area contributed by atoms with E-state index in [1.54, 1.807) is 44.9 Å². The third-order valence-electron chi connectivity index (χ3n) is 17.8. The van der Waals surface area contributed by atoms with Gasteiger partial charge in [-0.15, -0.1) is 0 Å². The Bertz CT molecular complexity index is 919. The largest absolute Gasteiger partial charge is 0.0651 e. The molecule has 0 saturated heterocycles. The van der Waals surface area contributed by atoms with Crippen molar-refractivity contribution in [1.82, 2.24) is 0 Å². The Labute approximate surface area is 230 Å². The van der Waals surface area contributed by atoms with Crippen molar-refractivity contribution >= 4 is 0 Å². The molecule has 0 nitrogen and oxygen atoms in total. The Morgan fingerprint density at radius 3 is 2.03 bits per heavy atom. The van der Waals surface area contributed by atoms with Crippen LogP contribution in [0.5, 0.6) is 0 Å². The van der Waals surface area contributed by atoms with Crippen LogP contribution in [0.2, 0.25) is 0 Å². The van der Waals surface area contributed by atoms with Crippen LogP contribution in [-0.2, 0) is 0 Å². The van der Waals surface area contributed by atoms with E-state index in [1.807, 2.05) is 0 Å². The Morgan fingerprint density at radius 1 is 0.676 bits per heavy atom. The van der Waals surface area contributed by atoms with Gasteiger partial charge in [0.25, 0.3) is 0 Å². The first-order valence-corrected chi connectivity index (χ1v) is 17.7. The summed E-state index contributed by atoms with van der Waals surface area (Å²) in [5, 5.41) is 0. The van der Waals surface area contributed by atoms with Gasteiger partial charge in [0.1, 0.15) is 0 Å². The summed E-state index contributed by atoms with van der Waals surface area (Å²) in [5.74, 6) is 20.9. The summed E-state index contributed by atoms with van der Waals surface area (Å²) in [6, 6.07) is 0. The first-order chi connectivity index (χ1) is 17.7. The Morgan fingerprint density at radius 2 is 1.35 bits per heavy atom. The summed E-state index contributed by atoms with van der Waals surface area (Å²) < 4.78 is 0. The SMILES string of the molecule is CCC1CC2CC3C2C(C1C)C(C)C1(C(C)C(C)C2CC4CC5C6CC(C)C6C(C)C(C2C)C45)CCC31. The number of hydrogen-bond acceptors (Lipinski definition) is 0. The molecule has 8 aliphatic rings. The zero-order valence-corrected chi connectivity index (χ0v) is 25.7. The summed E-state index contributed by atoms with van der Waals surface area (Å²) in [6.45, 7) is 21.7. The number of fused-ring (bicyclic) bond motifs is 4. The minimum atomic E-state index is 0.685. The molecule has 8 aliphatic carbocycles. The molecular formula is C37H60. The van der Waals surface area contributed by atoms with Gasteiger partial charge in [-0.05, 0) is 169 Å². The molecule has 37 heavy (non-hydrogen) atoms. The van der Waals surface area contributed by atoms with E-state index in [0.717, 1.165) is 118 Å². The van der Waals surface area contributed by atoms with E-state index in [-0.39, 0.29) is 0 Å². The maximum Gasteiger partial charge on any atom is -0.0210 e. The second-order valence-electron chi connectivity index (χ2n) is 17.7. The van der Waals surface area contributed by atoms with Crippen molar-refractivity contribution in [2.45, 2.75) is 107 Å². The van der Waals surface area contributed by atoms with Crippen molar-refractivity contribution in [3.05, 3.63) is 0 Å². The summed E-state index contributed by atoms with van der Waals surface area (Å²) in [7, 11) is 0. The lowest BCUT2D eigenvalue weighted by molar-refractivity contribution is -0.272. The Kier molecular flexibility index (Phi) is 5.39. The van der Waals surface area contributed by atoms with Crippen LogP contribution < -0.4 is 0 Å². The molecule has 21 atom stereocenters. The molecule has 0 bridgehead atoms. The molecule has 0 radical (unpaired) electrons. The van der Waals surface area contributed by atoms with E-state index < -0.39 is 0 Å². The summed E-state index contributed by atoms with van der Waals surface area (Å²) in [4.78, 5) is 0. The fraction of sp³-hybridized carbons (Fsp3) is 1.00. The molecule has 8 fully saturated rings. The quantitative estimate of drug-likeness (QED) is 0.357. The zero-order chi connectivity index (χ0) is 25.7. The highest BCUT2D eigenvalue weighted by Crippen LogP contribution is 2.77. The van der Waals surface area contributed by atoms with E-state index >= 15 is 0 Å². The van der Waals surface area contributed by atoms with E-state index in [1.165, 1.54) is 6.42 Å². The van der Waals surface area contributed by atoms with Crippen molar-refractivity contribution in [3.63, 3.8) is 0 Å². The van der Waals surface area contributed by atoms with Crippen LogP contribution in [0.25, 0.3) is 0 Å². The predicted octanol–water partition coefficient (Wildman–Crippen LogP) is 9.69. The third kappa shape index (κ3) is 2.80. The van der Waals surface area contributed by atoms with Crippen LogP contribution in [0.3, 0.4) is 0 Å². The van der Waals surface area contributed by atoms with Gasteiger partial charge in [-0.2, -0.15) is 0 Å². The van der Waals surface area contributed by atoms with Gasteiger partial charge < -0.3 is 0 Å². The molecule has 0 aromatic carbocycles. The van der Waals surface area contributed by atoms with Gasteiger partial charge in [0.15, 0.2) is 0 Å². The second kappa shape index (κ2) is 8.05. The lowest BCUT2D eigenvalue weighted by Crippen LogP contribution is -2.69. The molecule has 0 aliphatic heterocycles. The minimum Gasteiger partial charge on any atom is -0.0651 e. The molecule has 0 spiro atoms. The van der Waals surface area contributed by atoms with Gasteiger partial charge in [0, 0.05) is 0 Å². The molecule has 8 rings (SSSR count). The maximum atomic E-state index is 2.81. The van der Waals surface area contributed by atoms with Crippen LogP contribution in [-0.4, -0.2) is 0 Å². The van der Waals surface area contributed by atoms with Crippen molar-refractivity contribution in [2.24, 2.45) is 124 Å². The smallest absolute Gasteiger partial charge is 0.0210 e. The first kappa shape index (κ1) is 24.8. The molecule has 208 valence electrons. The molecule has 0 N–H and O–H groups in total. The lowest BCUT2D eigenvalue weighted by Gasteiger charge is -2.75. The summed E-state index contributed by atoms with van der Waals surface area (Å²) >= 11 is 0. The van der Waals surface area contributed by atoms with E-state index in [2.05, 4.69) is 55.4 Å². The van der Waals surface area contributed by atoms with E-state index in [4.69, 9.17) is 0 Å². The fourth-order valence-electron chi connectivity index (χ4n) is 16.2. The van der Waals surface area contributed by atoms with E-state index in [9.17, 15) is 0 Å². The first-order valence-electron chi connectivity index (χ1n) is 17.7. The van der Waals surface area contributed by atoms with Crippen LogP contribution in [0.15, 0.2) is 0 Å². The van der Waals surface area contributed by atoms with E-state index in [0.29, 0.717) is 5.41 Å². The van der Waals surface area contributed by atoms with Crippen molar-refractivity contribution in [2.75, 3.05) is 0 Å². The highest BCUT2D eigenvalue weighted by atomic mass is 14.8. The predicted molar refractivity (Wildman–Crippen MR) is 155 cm³/mol. The summed E-state index contributed by atoms with van der Waals surface area (Å²) in [5.41, 5.74) is 0.685. The topological polar surface area (TPSA) is 0 Å². The van der Waals surface area contributed by atoms with Crippen molar-refractivity contribution in [1.29, 1.82) is 0 Å². The van der Waals surface area contributed by atoms with Crippen molar-refractivity contribution in [3.8, 4) is 0 Å². The van der Waals surface area contributed by atoms with Crippen molar-refractivity contribution < 1.29 is 0 Å². The molecule has 0 aromatic rings. The number of rotatable bonds is 4. The molecule has 0 heterocycles. The molecule has 21 unspecified atom stereocenters. The Balaban J connectivity index is 1.07. The standard InChI is InChI=1S/C37H60/c1-9-24-13-25-16-30-31-10-11-37(31,23(8)34(19(24)4)36(25)30)22(7)18(3)27-14-26-15-29-28-12-17(2)32(28)21(6)33(20(27)5)35(26)29/h17-36H,9-16H2,1-8H3. The second-order valence-corrected chi connectivity index (χ2v) is 17.7. The minimum absolute atomic E-state index is 0.685. The highest BCUT2D eigenvalue weighted by Gasteiger charge is 2.71. The van der Waals surface area contributed by atoms with Gasteiger partial charge in [-0.25, -0.2) is 0 Å². The molecule has 8 saturated carbocycles. The number of hydrogen-bond donors (Lipinski definition) is 0. The van der Waals surface area contributed by atoms with Crippen LogP contribution >= 0.6 is 0 Å². The molecule has 0 aromatic heterocycles. The molecular weight excluding hydrogens is 444 g/mol. The summed E-state index contributed by atoms with van der Waals surface area (Å²) in [6.07, 6.45) is 12.6. The maximum absolute atomic E-state index is 2.81. The molecule has 0 heteroatoms. The third-order valence-corrected chi connectivity index (χ3v) is 17.8. The van der Waals surface area contributed by atoms with Crippen LogP contribution in [0.1, 0.15) is 107 Å². The van der Waals surface area contributed by atoms with Gasteiger partial charge >= 0.3 is 0 Å². The molecule has 0 amide bonds. The average Bonchev–Trinajstić information content (AvgIpc) is 2.82. The van der Waals surface area contributed by atoms with Gasteiger partial charge in [0.2, 0.25) is 0 Å². The zero-order valence-electron chi connectivity index (χ0n) is 25.7. The van der Waals surface area contributed by atoms with Crippen LogP contribution in [0, 0.1) is 124 Å². The van der Waals surface area contributed by atoms with Gasteiger partial charge in [0.05, 0.1) is 0 Å². The highest BCUT2D eigenvalue weighted by molar-refractivity contribution is 5.19.